The van der Waals surface area contributed by atoms with E-state index in [1.807, 2.05) is 10.8 Å². The van der Waals surface area contributed by atoms with Crippen molar-refractivity contribution in [1.82, 2.24) is 25.5 Å². The van der Waals surface area contributed by atoms with Gasteiger partial charge in [-0.1, -0.05) is 24.3 Å². The first-order chi connectivity index (χ1) is 9.53. The molecule has 114 valence electrons. The summed E-state index contributed by atoms with van der Waals surface area (Å²) in [4.78, 5) is 0. The molecule has 0 unspecified atom stereocenters. The molecule has 0 saturated carbocycles. The first-order valence-corrected chi connectivity index (χ1v) is 8.26. The Hall–Kier alpha value is -0.880. The summed E-state index contributed by atoms with van der Waals surface area (Å²) >= 11 is 1.74. The number of hydrogen-bond acceptors (Lipinski definition) is 5. The van der Waals surface area contributed by atoms with Crippen molar-refractivity contribution in [2.75, 3.05) is 12.3 Å². The van der Waals surface area contributed by atoms with Gasteiger partial charge in [-0.25, -0.2) is 4.68 Å². The summed E-state index contributed by atoms with van der Waals surface area (Å²) < 4.78 is 1.88. The molecule has 1 N–H and O–H groups in total. The summed E-state index contributed by atoms with van der Waals surface area (Å²) in [7, 11) is 0. The Morgan fingerprint density at radius 3 is 2.80 bits per heavy atom. The minimum Gasteiger partial charge on any atom is -0.310 e. The van der Waals surface area contributed by atoms with Crippen LogP contribution in [0.25, 0.3) is 0 Å². The lowest BCUT2D eigenvalue weighted by Gasteiger charge is -2.20. The third-order valence-electron chi connectivity index (χ3n) is 2.76. The van der Waals surface area contributed by atoms with Gasteiger partial charge in [0.1, 0.15) is 0 Å². The largest absolute Gasteiger partial charge is 0.310 e. The molecule has 0 spiro atoms. The zero-order valence-corrected chi connectivity index (χ0v) is 13.7. The first-order valence-electron chi connectivity index (χ1n) is 7.28. The van der Waals surface area contributed by atoms with Gasteiger partial charge in [0.25, 0.3) is 0 Å². The molecule has 6 heteroatoms. The predicted molar refractivity (Wildman–Crippen MR) is 85.0 cm³/mol. The van der Waals surface area contributed by atoms with Crippen LogP contribution in [0.1, 0.15) is 46.5 Å². The second-order valence-electron chi connectivity index (χ2n) is 5.85. The number of tetrazole rings is 1. The maximum atomic E-state index is 4.09. The minimum atomic E-state index is 0.131. The third kappa shape index (κ3) is 7.65. The highest BCUT2D eigenvalue weighted by atomic mass is 32.2. The molecule has 0 aliphatic rings. The van der Waals surface area contributed by atoms with Crippen molar-refractivity contribution in [1.29, 1.82) is 0 Å². The van der Waals surface area contributed by atoms with Crippen LogP contribution < -0.4 is 5.32 Å². The third-order valence-corrected chi connectivity index (χ3v) is 3.81. The molecule has 0 fully saturated rings. The van der Waals surface area contributed by atoms with Crippen molar-refractivity contribution in [3.8, 4) is 0 Å². The van der Waals surface area contributed by atoms with Crippen LogP contribution in [0.5, 0.6) is 0 Å². The lowest BCUT2D eigenvalue weighted by Crippen LogP contribution is -2.38. The quantitative estimate of drug-likeness (QED) is 0.409. The molecule has 1 aromatic rings. The molecule has 1 heterocycles. The Bertz CT molecular complexity index is 383. The van der Waals surface area contributed by atoms with Crippen molar-refractivity contribution in [2.24, 2.45) is 0 Å². The van der Waals surface area contributed by atoms with E-state index >= 15 is 0 Å². The topological polar surface area (TPSA) is 55.6 Å². The Morgan fingerprint density at radius 2 is 2.10 bits per heavy atom. The van der Waals surface area contributed by atoms with E-state index in [1.165, 1.54) is 19.3 Å². The number of rotatable bonds is 10. The lowest BCUT2D eigenvalue weighted by atomic mass is 10.1. The van der Waals surface area contributed by atoms with E-state index in [9.17, 15) is 0 Å². The molecule has 1 aromatic heterocycles. The number of nitrogens with one attached hydrogen (secondary N) is 1. The van der Waals surface area contributed by atoms with Crippen LogP contribution >= 0.6 is 11.8 Å². The fourth-order valence-corrected chi connectivity index (χ4v) is 2.61. The van der Waals surface area contributed by atoms with Crippen molar-refractivity contribution in [3.05, 3.63) is 12.7 Å². The summed E-state index contributed by atoms with van der Waals surface area (Å²) in [6.07, 6.45) is 6.76. The first kappa shape index (κ1) is 17.2. The van der Waals surface area contributed by atoms with Gasteiger partial charge in [0, 0.05) is 17.8 Å². The highest BCUT2D eigenvalue weighted by molar-refractivity contribution is 7.99. The molecule has 0 radical (unpaired) electrons. The van der Waals surface area contributed by atoms with Gasteiger partial charge in [0.05, 0.1) is 6.54 Å². The van der Waals surface area contributed by atoms with Crippen molar-refractivity contribution >= 4 is 11.8 Å². The van der Waals surface area contributed by atoms with Gasteiger partial charge in [-0.3, -0.25) is 0 Å². The van der Waals surface area contributed by atoms with Gasteiger partial charge in [-0.05, 0) is 50.5 Å². The molecule has 0 atom stereocenters. The second kappa shape index (κ2) is 9.13. The molecule has 0 aliphatic carbocycles. The summed E-state index contributed by atoms with van der Waals surface area (Å²) in [5, 5.41) is 16.3. The highest BCUT2D eigenvalue weighted by Crippen LogP contribution is 2.16. The number of thioether (sulfide) groups is 1. The fourth-order valence-electron chi connectivity index (χ4n) is 1.71. The Labute approximate surface area is 126 Å². The number of hydrogen-bond donors (Lipinski definition) is 1. The summed E-state index contributed by atoms with van der Waals surface area (Å²) in [5.74, 6) is 1.07. The summed E-state index contributed by atoms with van der Waals surface area (Å²) in [6, 6.07) is 0. The molecule has 0 saturated heterocycles. The van der Waals surface area contributed by atoms with E-state index in [4.69, 9.17) is 0 Å². The maximum absolute atomic E-state index is 4.09. The highest BCUT2D eigenvalue weighted by Gasteiger charge is 2.10. The normalized spacial score (nSPS) is 11.8. The zero-order chi connectivity index (χ0) is 14.8. The van der Waals surface area contributed by atoms with Gasteiger partial charge in [-0.15, -0.1) is 11.7 Å². The Morgan fingerprint density at radius 1 is 1.30 bits per heavy atom. The number of allylic oxidation sites excluding steroid dienone is 1. The average Bonchev–Trinajstić information content (AvgIpc) is 2.80. The van der Waals surface area contributed by atoms with Crippen molar-refractivity contribution in [3.63, 3.8) is 0 Å². The van der Waals surface area contributed by atoms with Crippen molar-refractivity contribution < 1.29 is 0 Å². The minimum absolute atomic E-state index is 0.131. The van der Waals surface area contributed by atoms with Crippen LogP contribution in [-0.4, -0.2) is 38.0 Å². The number of aromatic nitrogens is 4. The van der Waals surface area contributed by atoms with Gasteiger partial charge in [0.2, 0.25) is 5.16 Å². The standard InChI is InChI=1S/C14H27N5S/c1-5-6-7-8-9-12-20-13-16-17-18-19(13)11-10-15-14(2,3)4/h5,15H,1,6-12H2,2-4H3. The molecule has 0 aromatic carbocycles. The van der Waals surface area contributed by atoms with Gasteiger partial charge < -0.3 is 5.32 Å². The van der Waals surface area contributed by atoms with E-state index in [-0.39, 0.29) is 5.54 Å². The summed E-state index contributed by atoms with van der Waals surface area (Å²) in [5.41, 5.74) is 0.131. The average molecular weight is 297 g/mol. The molecular formula is C14H27N5S. The van der Waals surface area contributed by atoms with Crippen LogP contribution in [0.15, 0.2) is 17.8 Å². The molecule has 0 aliphatic heterocycles. The smallest absolute Gasteiger partial charge is 0.209 e. The lowest BCUT2D eigenvalue weighted by molar-refractivity contribution is 0.396. The maximum Gasteiger partial charge on any atom is 0.209 e. The molecular weight excluding hydrogens is 270 g/mol. The molecule has 20 heavy (non-hydrogen) atoms. The SMILES string of the molecule is C=CCCCCCSc1nnnn1CCNC(C)(C)C. The summed E-state index contributed by atoms with van der Waals surface area (Å²) in [6.45, 7) is 11.9. The van der Waals surface area contributed by atoms with Crippen LogP contribution in [0.4, 0.5) is 0 Å². The van der Waals surface area contributed by atoms with E-state index < -0.39 is 0 Å². The predicted octanol–water partition coefficient (Wildman–Crippen LogP) is 2.90. The van der Waals surface area contributed by atoms with Crippen LogP contribution in [0.2, 0.25) is 0 Å². The molecule has 5 nitrogen and oxygen atoms in total. The van der Waals surface area contributed by atoms with E-state index in [2.05, 4.69) is 48.2 Å². The van der Waals surface area contributed by atoms with Gasteiger partial charge >= 0.3 is 0 Å². The van der Waals surface area contributed by atoms with E-state index in [0.29, 0.717) is 0 Å². The molecule has 1 rings (SSSR count). The van der Waals surface area contributed by atoms with E-state index in [1.54, 1.807) is 11.8 Å². The van der Waals surface area contributed by atoms with Crippen LogP contribution in [0.3, 0.4) is 0 Å². The van der Waals surface area contributed by atoms with Crippen LogP contribution in [0, 0.1) is 0 Å². The van der Waals surface area contributed by atoms with Crippen LogP contribution in [-0.2, 0) is 6.54 Å². The van der Waals surface area contributed by atoms with Gasteiger partial charge in [0.15, 0.2) is 0 Å². The van der Waals surface area contributed by atoms with E-state index in [0.717, 1.165) is 30.4 Å². The number of nitrogens with zero attached hydrogens (tertiary/aromatic N) is 4. The fraction of sp³-hybridized carbons (Fsp3) is 0.786. The second-order valence-corrected chi connectivity index (χ2v) is 6.91. The Balaban J connectivity index is 2.23. The zero-order valence-electron chi connectivity index (χ0n) is 12.9. The Kier molecular flexibility index (Phi) is 7.84. The van der Waals surface area contributed by atoms with Crippen molar-refractivity contribution in [2.45, 2.75) is 63.7 Å². The van der Waals surface area contributed by atoms with Gasteiger partial charge in [-0.2, -0.15) is 0 Å². The number of unbranched alkanes of at least 4 members (excludes halogenated alkanes) is 3. The molecule has 0 amide bonds. The monoisotopic (exact) mass is 297 g/mol. The molecule has 0 bridgehead atoms.